The number of carbonyl (C=O) groups is 2. The smallest absolute Gasteiger partial charge is 0.265 e. The lowest BCUT2D eigenvalue weighted by atomic mass is 10.1. The van der Waals surface area contributed by atoms with E-state index in [4.69, 9.17) is 33.3 Å². The first kappa shape index (κ1) is 20.2. The quantitative estimate of drug-likeness (QED) is 0.435. The second kappa shape index (κ2) is 8.05. The Morgan fingerprint density at radius 2 is 1.77 bits per heavy atom. The summed E-state index contributed by atoms with van der Waals surface area (Å²) in [6.07, 6.45) is 1.40. The van der Waals surface area contributed by atoms with Gasteiger partial charge in [-0.1, -0.05) is 11.6 Å². The van der Waals surface area contributed by atoms with Gasteiger partial charge in [-0.25, -0.2) is 0 Å². The molecule has 0 bridgehead atoms. The van der Waals surface area contributed by atoms with E-state index in [1.807, 2.05) is 20.8 Å². The Bertz CT molecular complexity index is 766. The minimum absolute atomic E-state index is 0.000330. The van der Waals surface area contributed by atoms with Gasteiger partial charge in [0, 0.05) is 14.1 Å². The van der Waals surface area contributed by atoms with Crippen molar-refractivity contribution in [3.63, 3.8) is 0 Å². The van der Waals surface area contributed by atoms with E-state index in [9.17, 15) is 9.59 Å². The summed E-state index contributed by atoms with van der Waals surface area (Å²) in [5.41, 5.74) is 0.556. The van der Waals surface area contributed by atoms with Gasteiger partial charge in [-0.15, -0.1) is 0 Å². The highest BCUT2D eigenvalue weighted by Gasteiger charge is 2.35. The topological polar surface area (TPSA) is 59.1 Å². The maximum absolute atomic E-state index is 12.4. The number of halogens is 1. The van der Waals surface area contributed by atoms with Crippen molar-refractivity contribution in [2.24, 2.45) is 0 Å². The van der Waals surface area contributed by atoms with Crippen molar-refractivity contribution in [3.8, 4) is 11.5 Å². The molecule has 1 aromatic carbocycles. The molecule has 1 fully saturated rings. The third-order valence-corrected chi connectivity index (χ3v) is 4.47. The number of hydrogen-bond acceptors (Lipinski definition) is 5. The van der Waals surface area contributed by atoms with Crippen LogP contribution in [0.1, 0.15) is 26.3 Å². The molecule has 0 saturated carbocycles. The molecule has 0 spiro atoms. The summed E-state index contributed by atoms with van der Waals surface area (Å²) in [6.45, 7) is 6.03. The third-order valence-electron chi connectivity index (χ3n) is 3.64. The predicted molar refractivity (Wildman–Crippen MR) is 105 cm³/mol. The molecule has 6 nitrogen and oxygen atoms in total. The van der Waals surface area contributed by atoms with Gasteiger partial charge in [-0.05, 0) is 56.8 Å². The lowest BCUT2D eigenvalue weighted by molar-refractivity contribution is -0.132. The molecule has 0 radical (unpaired) electrons. The van der Waals surface area contributed by atoms with Crippen molar-refractivity contribution in [3.05, 3.63) is 28.3 Å². The van der Waals surface area contributed by atoms with Crippen LogP contribution in [-0.2, 0) is 9.59 Å². The van der Waals surface area contributed by atoms with Gasteiger partial charge in [0.25, 0.3) is 11.8 Å². The molecule has 0 aromatic heterocycles. The maximum Gasteiger partial charge on any atom is 0.265 e. The zero-order valence-corrected chi connectivity index (χ0v) is 16.9. The van der Waals surface area contributed by atoms with Gasteiger partial charge in [-0.2, -0.15) is 0 Å². The predicted octanol–water partition coefficient (Wildman–Crippen LogP) is 3.12. The first-order valence-electron chi connectivity index (χ1n) is 8.12. The summed E-state index contributed by atoms with van der Waals surface area (Å²) in [6, 6.07) is 3.32. The number of ether oxygens (including phenoxy) is 2. The van der Waals surface area contributed by atoms with Crippen LogP contribution < -0.4 is 9.47 Å². The Labute approximate surface area is 163 Å². The van der Waals surface area contributed by atoms with Gasteiger partial charge in [0.1, 0.15) is 5.57 Å². The van der Waals surface area contributed by atoms with Crippen LogP contribution in [0.3, 0.4) is 0 Å². The van der Waals surface area contributed by atoms with Gasteiger partial charge >= 0.3 is 0 Å². The third kappa shape index (κ3) is 3.99. The summed E-state index contributed by atoms with van der Waals surface area (Å²) in [5, 5.41) is 0.496. The number of benzene rings is 1. The molecule has 0 atom stereocenters. The molecule has 2 amide bonds. The zero-order valence-electron chi connectivity index (χ0n) is 15.3. The minimum atomic E-state index is -0.463. The number of likely N-dealkylation sites (N-methyl/N-ethyl adjacent to an activating group) is 2. The van der Waals surface area contributed by atoms with Gasteiger partial charge < -0.3 is 9.47 Å². The molecule has 2 rings (SSSR count). The highest BCUT2D eigenvalue weighted by atomic mass is 35.5. The SMILES string of the molecule is CCOc1cc(C=C2C(=O)N(C)C(=S)N(C)C2=O)cc(Cl)c1OC(C)C. The number of amides is 2. The average molecular weight is 397 g/mol. The summed E-state index contributed by atoms with van der Waals surface area (Å²) in [5.74, 6) is -0.0414. The van der Waals surface area contributed by atoms with Gasteiger partial charge in [-0.3, -0.25) is 19.4 Å². The highest BCUT2D eigenvalue weighted by molar-refractivity contribution is 7.80. The molecule has 1 aromatic rings. The van der Waals surface area contributed by atoms with Crippen molar-refractivity contribution in [1.82, 2.24) is 9.80 Å². The Morgan fingerprint density at radius 3 is 2.27 bits per heavy atom. The normalized spacial score (nSPS) is 15.0. The summed E-state index contributed by atoms with van der Waals surface area (Å²) in [7, 11) is 3.05. The van der Waals surface area contributed by atoms with E-state index in [0.717, 1.165) is 0 Å². The number of carbonyl (C=O) groups excluding carboxylic acids is 2. The monoisotopic (exact) mass is 396 g/mol. The van der Waals surface area contributed by atoms with Crippen molar-refractivity contribution in [2.45, 2.75) is 26.9 Å². The molecule has 140 valence electrons. The highest BCUT2D eigenvalue weighted by Crippen LogP contribution is 2.38. The van der Waals surface area contributed by atoms with Gasteiger partial charge in [0.2, 0.25) is 0 Å². The Morgan fingerprint density at radius 1 is 1.19 bits per heavy atom. The first-order valence-corrected chi connectivity index (χ1v) is 8.90. The minimum Gasteiger partial charge on any atom is -0.490 e. The van der Waals surface area contributed by atoms with Crippen molar-refractivity contribution in [1.29, 1.82) is 0 Å². The fourth-order valence-electron chi connectivity index (χ4n) is 2.43. The molecule has 1 aliphatic heterocycles. The fraction of sp³-hybridized carbons (Fsp3) is 0.389. The molecule has 26 heavy (non-hydrogen) atoms. The summed E-state index contributed by atoms with van der Waals surface area (Å²) in [4.78, 5) is 27.4. The number of rotatable bonds is 5. The molecule has 0 aliphatic carbocycles. The van der Waals surface area contributed by atoms with E-state index in [2.05, 4.69) is 0 Å². The van der Waals surface area contributed by atoms with E-state index in [1.54, 1.807) is 12.1 Å². The zero-order chi connectivity index (χ0) is 19.6. The molecular formula is C18H21ClN2O4S. The molecule has 1 saturated heterocycles. The van der Waals surface area contributed by atoms with Gasteiger partial charge in [0.05, 0.1) is 17.7 Å². The Hall–Kier alpha value is -2.12. The van der Waals surface area contributed by atoms with E-state index in [0.29, 0.717) is 28.7 Å². The second-order valence-corrected chi connectivity index (χ2v) is 6.77. The lowest BCUT2D eigenvalue weighted by Gasteiger charge is -2.31. The van der Waals surface area contributed by atoms with Crippen LogP contribution in [0.2, 0.25) is 5.02 Å². The van der Waals surface area contributed by atoms with Crippen LogP contribution in [0, 0.1) is 0 Å². The van der Waals surface area contributed by atoms with Crippen LogP contribution in [0.5, 0.6) is 11.5 Å². The molecule has 1 aliphatic rings. The molecule has 8 heteroatoms. The summed E-state index contributed by atoms with van der Waals surface area (Å²) >= 11 is 11.4. The molecule has 0 N–H and O–H groups in total. The van der Waals surface area contributed by atoms with Crippen molar-refractivity contribution < 1.29 is 19.1 Å². The van der Waals surface area contributed by atoms with Crippen molar-refractivity contribution >= 4 is 46.8 Å². The van der Waals surface area contributed by atoms with Gasteiger partial charge in [0.15, 0.2) is 16.6 Å². The molecule has 1 heterocycles. The van der Waals surface area contributed by atoms with Crippen LogP contribution >= 0.6 is 23.8 Å². The van der Waals surface area contributed by atoms with Crippen LogP contribution in [0.15, 0.2) is 17.7 Å². The number of nitrogens with zero attached hydrogens (tertiary/aromatic N) is 2. The number of hydrogen-bond donors (Lipinski definition) is 0. The second-order valence-electron chi connectivity index (χ2n) is 6.00. The van der Waals surface area contributed by atoms with Crippen molar-refractivity contribution in [2.75, 3.05) is 20.7 Å². The fourth-order valence-corrected chi connectivity index (χ4v) is 2.86. The Kier molecular flexibility index (Phi) is 6.26. The van der Waals surface area contributed by atoms with E-state index in [1.165, 1.54) is 30.0 Å². The van der Waals surface area contributed by atoms with Crippen LogP contribution in [-0.4, -0.2) is 53.5 Å². The molecular weight excluding hydrogens is 376 g/mol. The Balaban J connectivity index is 2.51. The standard InChI is InChI=1S/C18H21ClN2O4S/c1-6-24-14-9-11(8-13(19)15(14)25-10(2)3)7-12-16(22)20(4)18(26)21(5)17(12)23/h7-10H,6H2,1-5H3. The number of thiocarbonyl (C=S) groups is 1. The van der Waals surface area contributed by atoms with E-state index in [-0.39, 0.29) is 16.8 Å². The van der Waals surface area contributed by atoms with E-state index >= 15 is 0 Å². The molecule has 0 unspecified atom stereocenters. The van der Waals surface area contributed by atoms with Crippen LogP contribution in [0.4, 0.5) is 0 Å². The van der Waals surface area contributed by atoms with E-state index < -0.39 is 11.8 Å². The largest absolute Gasteiger partial charge is 0.490 e. The lowest BCUT2D eigenvalue weighted by Crippen LogP contribution is -2.52. The average Bonchev–Trinajstić information content (AvgIpc) is 2.58. The summed E-state index contributed by atoms with van der Waals surface area (Å²) < 4.78 is 11.3. The first-order chi connectivity index (χ1) is 12.2. The maximum atomic E-state index is 12.4. The van der Waals surface area contributed by atoms with Crippen LogP contribution in [0.25, 0.3) is 6.08 Å².